The van der Waals surface area contributed by atoms with Crippen LogP contribution in [0, 0.1) is 27.7 Å². The molecule has 0 aliphatic carbocycles. The van der Waals surface area contributed by atoms with Crippen LogP contribution in [0.4, 0.5) is 5.69 Å². The first-order valence-corrected chi connectivity index (χ1v) is 7.04. The van der Waals surface area contributed by atoms with Crippen molar-refractivity contribution in [3.05, 3.63) is 64.2 Å². The molecule has 0 aliphatic heterocycles. The smallest absolute Gasteiger partial charge is 0.0964 e. The zero-order valence-electron chi connectivity index (χ0n) is 12.7. The Bertz CT molecular complexity index is 604. The summed E-state index contributed by atoms with van der Waals surface area (Å²) in [5, 5.41) is 13.7. The Morgan fingerprint density at radius 2 is 1.75 bits per heavy atom. The van der Waals surface area contributed by atoms with Crippen molar-refractivity contribution in [3.8, 4) is 0 Å². The zero-order chi connectivity index (χ0) is 14.7. The highest BCUT2D eigenvalue weighted by molar-refractivity contribution is 5.53. The monoisotopic (exact) mass is 269 g/mol. The second-order valence-corrected chi connectivity index (χ2v) is 5.50. The topological polar surface area (TPSA) is 32.3 Å². The molecule has 0 saturated heterocycles. The molecule has 0 aromatic heterocycles. The highest BCUT2D eigenvalue weighted by Crippen LogP contribution is 2.22. The number of aliphatic hydroxyl groups excluding tert-OH is 1. The van der Waals surface area contributed by atoms with E-state index in [0.717, 1.165) is 16.8 Å². The summed E-state index contributed by atoms with van der Waals surface area (Å²) in [5.41, 5.74) is 6.94. The molecule has 2 N–H and O–H groups in total. The van der Waals surface area contributed by atoms with Crippen LogP contribution in [0.25, 0.3) is 0 Å². The predicted octanol–water partition coefficient (Wildman–Crippen LogP) is 4.07. The first kappa shape index (κ1) is 14.6. The van der Waals surface area contributed by atoms with E-state index in [1.807, 2.05) is 25.1 Å². The number of benzene rings is 2. The van der Waals surface area contributed by atoms with E-state index in [1.54, 1.807) is 0 Å². The SMILES string of the molecule is Cc1ccc(C(O)CNc2cccc(C)c2C)c(C)c1. The highest BCUT2D eigenvalue weighted by Gasteiger charge is 2.11. The van der Waals surface area contributed by atoms with Crippen molar-refractivity contribution in [2.75, 3.05) is 11.9 Å². The maximum Gasteiger partial charge on any atom is 0.0964 e. The van der Waals surface area contributed by atoms with Crippen LogP contribution in [0.1, 0.15) is 33.9 Å². The summed E-state index contributed by atoms with van der Waals surface area (Å²) in [4.78, 5) is 0. The number of aliphatic hydroxyl groups is 1. The number of nitrogens with one attached hydrogen (secondary N) is 1. The molecule has 2 rings (SSSR count). The van der Waals surface area contributed by atoms with Gasteiger partial charge in [0.25, 0.3) is 0 Å². The quantitative estimate of drug-likeness (QED) is 0.877. The molecule has 20 heavy (non-hydrogen) atoms. The number of hydrogen-bond acceptors (Lipinski definition) is 2. The fourth-order valence-corrected chi connectivity index (χ4v) is 2.46. The summed E-state index contributed by atoms with van der Waals surface area (Å²) in [5.74, 6) is 0. The van der Waals surface area contributed by atoms with Crippen LogP contribution in [0.2, 0.25) is 0 Å². The van der Waals surface area contributed by atoms with Crippen LogP contribution in [0.15, 0.2) is 36.4 Å². The van der Waals surface area contributed by atoms with Crippen molar-refractivity contribution >= 4 is 5.69 Å². The van der Waals surface area contributed by atoms with Gasteiger partial charge in [0.2, 0.25) is 0 Å². The molecule has 0 bridgehead atoms. The van der Waals surface area contributed by atoms with Gasteiger partial charge in [-0.3, -0.25) is 0 Å². The third kappa shape index (κ3) is 3.20. The van der Waals surface area contributed by atoms with E-state index in [4.69, 9.17) is 0 Å². The molecule has 0 aliphatic rings. The normalized spacial score (nSPS) is 12.2. The van der Waals surface area contributed by atoms with Crippen molar-refractivity contribution in [2.45, 2.75) is 33.8 Å². The van der Waals surface area contributed by atoms with Crippen LogP contribution in [0.5, 0.6) is 0 Å². The maximum atomic E-state index is 10.4. The largest absolute Gasteiger partial charge is 0.387 e. The standard InChI is InChI=1S/C18H23NO/c1-12-8-9-16(14(3)10-12)18(20)11-19-17-7-5-6-13(2)15(17)4/h5-10,18-20H,11H2,1-4H3. The molecule has 1 atom stereocenters. The summed E-state index contributed by atoms with van der Waals surface area (Å²) in [6.45, 7) is 8.83. The Morgan fingerprint density at radius 3 is 2.45 bits per heavy atom. The van der Waals surface area contributed by atoms with Crippen LogP contribution in [-0.4, -0.2) is 11.7 Å². The molecule has 2 heteroatoms. The molecule has 2 nitrogen and oxygen atoms in total. The molecular weight excluding hydrogens is 246 g/mol. The van der Waals surface area contributed by atoms with Gasteiger partial charge in [-0.05, 0) is 56.0 Å². The minimum atomic E-state index is -0.490. The average Bonchev–Trinajstić information content (AvgIpc) is 2.40. The van der Waals surface area contributed by atoms with Gasteiger partial charge < -0.3 is 10.4 Å². The van der Waals surface area contributed by atoms with E-state index in [-0.39, 0.29) is 0 Å². The van der Waals surface area contributed by atoms with Crippen LogP contribution >= 0.6 is 0 Å². The maximum absolute atomic E-state index is 10.4. The predicted molar refractivity (Wildman–Crippen MR) is 85.3 cm³/mol. The van der Waals surface area contributed by atoms with Gasteiger partial charge in [0.05, 0.1) is 6.10 Å². The summed E-state index contributed by atoms with van der Waals surface area (Å²) in [6.07, 6.45) is -0.490. The molecule has 0 heterocycles. The molecule has 0 radical (unpaired) electrons. The molecule has 1 unspecified atom stereocenters. The summed E-state index contributed by atoms with van der Waals surface area (Å²) in [6, 6.07) is 12.4. The van der Waals surface area contributed by atoms with Crippen LogP contribution in [-0.2, 0) is 0 Å². The first-order chi connectivity index (χ1) is 9.49. The van der Waals surface area contributed by atoms with Gasteiger partial charge >= 0.3 is 0 Å². The van der Waals surface area contributed by atoms with Gasteiger partial charge in [0, 0.05) is 12.2 Å². The van der Waals surface area contributed by atoms with E-state index >= 15 is 0 Å². The van der Waals surface area contributed by atoms with Crippen molar-refractivity contribution in [1.29, 1.82) is 0 Å². The lowest BCUT2D eigenvalue weighted by Crippen LogP contribution is -2.14. The van der Waals surface area contributed by atoms with Crippen molar-refractivity contribution in [1.82, 2.24) is 0 Å². The average molecular weight is 269 g/mol. The van der Waals surface area contributed by atoms with Crippen LogP contribution < -0.4 is 5.32 Å². The molecule has 2 aromatic rings. The Labute approximate surface area is 121 Å². The van der Waals surface area contributed by atoms with Crippen LogP contribution in [0.3, 0.4) is 0 Å². The molecule has 0 fully saturated rings. The van der Waals surface area contributed by atoms with Crippen molar-refractivity contribution in [2.24, 2.45) is 0 Å². The van der Waals surface area contributed by atoms with E-state index in [0.29, 0.717) is 6.54 Å². The number of hydrogen-bond donors (Lipinski definition) is 2. The number of rotatable bonds is 4. The van der Waals surface area contributed by atoms with E-state index in [1.165, 1.54) is 16.7 Å². The zero-order valence-corrected chi connectivity index (χ0v) is 12.7. The van der Waals surface area contributed by atoms with Gasteiger partial charge in [-0.1, -0.05) is 35.9 Å². The van der Waals surface area contributed by atoms with Crippen molar-refractivity contribution in [3.63, 3.8) is 0 Å². The van der Waals surface area contributed by atoms with Gasteiger partial charge in [-0.25, -0.2) is 0 Å². The number of anilines is 1. The third-order valence-corrected chi connectivity index (χ3v) is 3.87. The third-order valence-electron chi connectivity index (χ3n) is 3.87. The lowest BCUT2D eigenvalue weighted by Gasteiger charge is -2.17. The molecule has 0 amide bonds. The second-order valence-electron chi connectivity index (χ2n) is 5.50. The lowest BCUT2D eigenvalue weighted by molar-refractivity contribution is 0.191. The van der Waals surface area contributed by atoms with Crippen molar-refractivity contribution < 1.29 is 5.11 Å². The Balaban J connectivity index is 2.08. The summed E-state index contributed by atoms with van der Waals surface area (Å²) >= 11 is 0. The van der Waals surface area contributed by atoms with Gasteiger partial charge in [0.1, 0.15) is 0 Å². The minimum absolute atomic E-state index is 0.490. The molecular formula is C18H23NO. The molecule has 106 valence electrons. The minimum Gasteiger partial charge on any atom is -0.387 e. The van der Waals surface area contributed by atoms with E-state index < -0.39 is 6.10 Å². The Morgan fingerprint density at radius 1 is 1.00 bits per heavy atom. The fraction of sp³-hybridized carbons (Fsp3) is 0.333. The Kier molecular flexibility index (Phi) is 4.46. The van der Waals surface area contributed by atoms with E-state index in [9.17, 15) is 5.11 Å². The molecule has 2 aromatic carbocycles. The Hall–Kier alpha value is -1.80. The second kappa shape index (κ2) is 6.10. The lowest BCUT2D eigenvalue weighted by atomic mass is 10.0. The van der Waals surface area contributed by atoms with E-state index in [2.05, 4.69) is 44.3 Å². The fourth-order valence-electron chi connectivity index (χ4n) is 2.46. The van der Waals surface area contributed by atoms with Gasteiger partial charge in [0.15, 0.2) is 0 Å². The number of aryl methyl sites for hydroxylation is 3. The summed E-state index contributed by atoms with van der Waals surface area (Å²) < 4.78 is 0. The molecule has 0 spiro atoms. The first-order valence-electron chi connectivity index (χ1n) is 7.04. The van der Waals surface area contributed by atoms with Gasteiger partial charge in [-0.2, -0.15) is 0 Å². The van der Waals surface area contributed by atoms with Gasteiger partial charge in [-0.15, -0.1) is 0 Å². The highest BCUT2D eigenvalue weighted by atomic mass is 16.3. The summed E-state index contributed by atoms with van der Waals surface area (Å²) in [7, 11) is 0. The molecule has 0 saturated carbocycles.